The molecule has 3 aromatic rings. The Kier molecular flexibility index (Phi) is 12.6. The van der Waals surface area contributed by atoms with Gasteiger partial charge in [-0.2, -0.15) is 0 Å². The molecule has 1 aliphatic rings. The highest BCUT2D eigenvalue weighted by Gasteiger charge is 2.33. The van der Waals surface area contributed by atoms with Crippen molar-refractivity contribution in [3.05, 3.63) is 83.9 Å². The summed E-state index contributed by atoms with van der Waals surface area (Å²) in [6.45, 7) is 0.00184. The van der Waals surface area contributed by atoms with Crippen LogP contribution in [0.1, 0.15) is 48.0 Å². The number of carbonyl (C=O) groups excluding carboxylic acids is 3. The van der Waals surface area contributed by atoms with E-state index in [9.17, 15) is 45.5 Å². The number of nitrogens with one attached hydrogen (secondary N) is 3. The number of carboxylic acids is 1. The van der Waals surface area contributed by atoms with Gasteiger partial charge in [-0.05, 0) is 91.9 Å². The number of rotatable bonds is 12. The molecule has 1 saturated carbocycles. The minimum Gasteiger partial charge on any atom is -0.481 e. The van der Waals surface area contributed by atoms with E-state index in [1.807, 2.05) is 0 Å². The zero-order chi connectivity index (χ0) is 37.2. The van der Waals surface area contributed by atoms with Gasteiger partial charge >= 0.3 is 30.8 Å². The molecule has 51 heavy (non-hydrogen) atoms. The average Bonchev–Trinajstić information content (AvgIpc) is 3.04. The summed E-state index contributed by atoms with van der Waals surface area (Å²) in [7, 11) is 0. The van der Waals surface area contributed by atoms with Gasteiger partial charge in [-0.1, -0.05) is 12.1 Å². The van der Waals surface area contributed by atoms with Gasteiger partial charge in [0.2, 0.25) is 0 Å². The van der Waals surface area contributed by atoms with Crippen molar-refractivity contribution in [3.63, 3.8) is 0 Å². The second-order valence-corrected chi connectivity index (χ2v) is 11.3. The minimum absolute atomic E-state index is 0.0604. The van der Waals surface area contributed by atoms with E-state index in [1.54, 1.807) is 12.1 Å². The Bertz CT molecular complexity index is 1640. The predicted octanol–water partition coefficient (Wildman–Crippen LogP) is 7.28. The molecule has 0 atom stereocenters. The summed E-state index contributed by atoms with van der Waals surface area (Å²) >= 11 is 0. The predicted molar refractivity (Wildman–Crippen MR) is 168 cm³/mol. The normalized spacial score (nSPS) is 16.0. The van der Waals surface area contributed by atoms with Crippen molar-refractivity contribution in [1.29, 1.82) is 0 Å². The molecule has 4 N–H and O–H groups in total. The summed E-state index contributed by atoms with van der Waals surface area (Å²) in [6, 6.07) is 14.4. The van der Waals surface area contributed by atoms with Crippen LogP contribution in [0.4, 0.5) is 47.3 Å². The molecule has 0 radical (unpaired) electrons. The number of carboxylic acid groups (broad SMARTS) is 1. The zero-order valence-corrected chi connectivity index (χ0v) is 26.6. The third kappa shape index (κ3) is 12.9. The highest BCUT2D eigenvalue weighted by molar-refractivity contribution is 5.94. The Hall–Kier alpha value is -5.68. The summed E-state index contributed by atoms with van der Waals surface area (Å²) in [5, 5.41) is 16.4. The van der Waals surface area contributed by atoms with Crippen LogP contribution in [0, 0.1) is 0 Å². The lowest BCUT2D eigenvalue weighted by Crippen LogP contribution is -2.45. The number of nitrogens with zero attached hydrogens (tertiary/aromatic N) is 1. The van der Waals surface area contributed by atoms with Crippen LogP contribution in [0.2, 0.25) is 0 Å². The Morgan fingerprint density at radius 3 is 1.73 bits per heavy atom. The Morgan fingerprint density at radius 1 is 0.725 bits per heavy atom. The van der Waals surface area contributed by atoms with Gasteiger partial charge in [-0.3, -0.25) is 14.9 Å². The molecule has 4 rings (SSSR count). The minimum atomic E-state index is -4.89. The van der Waals surface area contributed by atoms with Crippen molar-refractivity contribution < 1.29 is 64.8 Å². The van der Waals surface area contributed by atoms with Crippen molar-refractivity contribution >= 4 is 35.4 Å². The molecular formula is C33H32F6N4O8. The largest absolute Gasteiger partial charge is 0.573 e. The molecule has 0 saturated heterocycles. The topological polar surface area (TPSA) is 156 Å². The second kappa shape index (κ2) is 16.8. The number of anilines is 2. The molecule has 0 bridgehead atoms. The maximum Gasteiger partial charge on any atom is 0.573 e. The van der Waals surface area contributed by atoms with Crippen molar-refractivity contribution in [2.45, 2.75) is 63.5 Å². The highest BCUT2D eigenvalue weighted by atomic mass is 19.4. The van der Waals surface area contributed by atoms with Crippen LogP contribution in [0.15, 0.2) is 72.8 Å². The monoisotopic (exact) mass is 726 g/mol. The number of ether oxygens (including phenoxy) is 3. The molecule has 0 unspecified atom stereocenters. The molecule has 0 aliphatic heterocycles. The highest BCUT2D eigenvalue weighted by Crippen LogP contribution is 2.29. The molecule has 3 aromatic carbocycles. The number of amides is 4. The molecule has 0 aromatic heterocycles. The molecule has 4 amide bonds. The molecule has 0 heterocycles. The van der Waals surface area contributed by atoms with E-state index < -0.39 is 54.3 Å². The fraction of sp³-hybridized carbons (Fsp3) is 0.333. The first-order valence-corrected chi connectivity index (χ1v) is 15.4. The fourth-order valence-corrected chi connectivity index (χ4v) is 5.16. The second-order valence-electron chi connectivity index (χ2n) is 11.3. The molecular weight excluding hydrogens is 694 g/mol. The third-order valence-corrected chi connectivity index (χ3v) is 7.49. The lowest BCUT2D eigenvalue weighted by atomic mass is 9.91. The van der Waals surface area contributed by atoms with E-state index in [2.05, 4.69) is 25.4 Å². The maximum absolute atomic E-state index is 13.6. The van der Waals surface area contributed by atoms with Crippen molar-refractivity contribution in [2.75, 3.05) is 17.2 Å². The third-order valence-electron chi connectivity index (χ3n) is 7.49. The lowest BCUT2D eigenvalue weighted by molar-refractivity contribution is -0.275. The van der Waals surface area contributed by atoms with E-state index in [4.69, 9.17) is 9.84 Å². The van der Waals surface area contributed by atoms with Crippen LogP contribution < -0.4 is 25.4 Å². The van der Waals surface area contributed by atoms with Crippen molar-refractivity contribution in [2.24, 2.45) is 0 Å². The standard InChI is InChI=1S/C33H32F6N4O8/c34-32(35,36)50-26-11-5-22(6-12-26)41-30(47)43(19-20-1-3-21(4-2-20)29(46)40-18-17-28(44)45)24-9-15-25(16-10-24)49-31(48)42-23-7-13-27(14-8-23)51-33(37,38)39/h1-8,11-14,24-25H,9-10,15-19H2,(H,40,46)(H,41,47)(H,42,48)(H,44,45)/t24-,25-. The van der Waals surface area contributed by atoms with Gasteiger partial charge in [0.05, 0.1) is 6.42 Å². The molecule has 18 heteroatoms. The number of hydrogen-bond acceptors (Lipinski definition) is 7. The number of aliphatic carboxylic acids is 1. The molecule has 1 fully saturated rings. The summed E-state index contributed by atoms with van der Waals surface area (Å²) in [5.74, 6) is -2.48. The van der Waals surface area contributed by atoms with Crippen LogP contribution in [-0.2, 0) is 16.1 Å². The average molecular weight is 727 g/mol. The van der Waals surface area contributed by atoms with Gasteiger partial charge in [0, 0.05) is 36.1 Å². The molecule has 0 spiro atoms. The first-order chi connectivity index (χ1) is 24.0. The Labute approximate surface area is 286 Å². The number of alkyl halides is 6. The van der Waals surface area contributed by atoms with E-state index in [1.165, 1.54) is 41.3 Å². The van der Waals surface area contributed by atoms with Crippen LogP contribution in [0.3, 0.4) is 0 Å². The summed E-state index contributed by atoms with van der Waals surface area (Å²) in [4.78, 5) is 50.6. The number of urea groups is 1. The van der Waals surface area contributed by atoms with Gasteiger partial charge in [0.15, 0.2) is 0 Å². The molecule has 12 nitrogen and oxygen atoms in total. The van der Waals surface area contributed by atoms with Crippen LogP contribution >= 0.6 is 0 Å². The lowest BCUT2D eigenvalue weighted by Gasteiger charge is -2.36. The summed E-state index contributed by atoms with van der Waals surface area (Å²) in [6.07, 6.45) is -9.91. The first-order valence-electron chi connectivity index (χ1n) is 15.4. The van der Waals surface area contributed by atoms with Gasteiger partial charge in [0.1, 0.15) is 17.6 Å². The first kappa shape index (κ1) is 38.1. The Balaban J connectivity index is 1.39. The fourth-order valence-electron chi connectivity index (χ4n) is 5.16. The van der Waals surface area contributed by atoms with Gasteiger partial charge in [0.25, 0.3) is 5.91 Å². The van der Waals surface area contributed by atoms with E-state index in [-0.39, 0.29) is 42.5 Å². The number of hydrogen-bond donors (Lipinski definition) is 4. The number of benzene rings is 3. The maximum atomic E-state index is 13.6. The van der Waals surface area contributed by atoms with Crippen molar-refractivity contribution in [3.8, 4) is 11.5 Å². The van der Waals surface area contributed by atoms with E-state index >= 15 is 0 Å². The summed E-state index contributed by atoms with van der Waals surface area (Å²) in [5.41, 5.74) is 1.26. The van der Waals surface area contributed by atoms with Gasteiger partial charge < -0.3 is 34.9 Å². The van der Waals surface area contributed by atoms with Crippen LogP contribution in [-0.4, -0.2) is 65.4 Å². The summed E-state index contributed by atoms with van der Waals surface area (Å²) < 4.78 is 88.1. The van der Waals surface area contributed by atoms with Crippen LogP contribution in [0.5, 0.6) is 11.5 Å². The van der Waals surface area contributed by atoms with Gasteiger partial charge in [-0.15, -0.1) is 26.3 Å². The molecule has 274 valence electrons. The quantitative estimate of drug-likeness (QED) is 0.142. The SMILES string of the molecule is O=C(O)CCNC(=O)c1ccc(CN(C(=O)Nc2ccc(OC(F)(F)F)cc2)[C@H]2CC[C@H](OC(=O)Nc3ccc(OC(F)(F)F)cc3)CC2)cc1. The Morgan fingerprint density at radius 2 is 1.24 bits per heavy atom. The van der Waals surface area contributed by atoms with E-state index in [0.29, 0.717) is 31.2 Å². The number of halogens is 6. The van der Waals surface area contributed by atoms with Crippen molar-refractivity contribution in [1.82, 2.24) is 10.2 Å². The number of carbonyl (C=O) groups is 4. The molecule has 1 aliphatic carbocycles. The van der Waals surface area contributed by atoms with Crippen LogP contribution in [0.25, 0.3) is 0 Å². The smallest absolute Gasteiger partial charge is 0.481 e. The zero-order valence-electron chi connectivity index (χ0n) is 26.6. The van der Waals surface area contributed by atoms with Gasteiger partial charge in [-0.25, -0.2) is 9.59 Å². The van der Waals surface area contributed by atoms with E-state index in [0.717, 1.165) is 24.3 Å².